The summed E-state index contributed by atoms with van der Waals surface area (Å²) >= 11 is 3.34. The average molecular weight is 510 g/mol. The summed E-state index contributed by atoms with van der Waals surface area (Å²) in [5.74, 6) is -1.80. The number of carbonyl (C=O) groups excluding carboxylic acids is 1. The third-order valence-corrected chi connectivity index (χ3v) is 6.06. The molecule has 0 aromatic heterocycles. The van der Waals surface area contributed by atoms with Crippen molar-refractivity contribution in [3.63, 3.8) is 0 Å². The van der Waals surface area contributed by atoms with Crippen molar-refractivity contribution < 1.29 is 28.3 Å². The van der Waals surface area contributed by atoms with Crippen molar-refractivity contribution in [2.24, 2.45) is 0 Å². The third kappa shape index (κ3) is 4.37. The Labute approximate surface area is 192 Å². The maximum Gasteiger partial charge on any atom is 0.281 e. The highest BCUT2D eigenvalue weighted by Crippen LogP contribution is 2.33. The number of carbonyl (C=O) groups is 1. The topological polar surface area (TPSA) is 65.5 Å². The fraction of sp³-hybridized carbons (Fsp3) is 0.318. The molecule has 2 heterocycles. The minimum Gasteiger partial charge on any atom is -0.507 e. The summed E-state index contributed by atoms with van der Waals surface area (Å²) in [4.78, 5) is 21.3. The molecule has 2 aromatic rings. The second kappa shape index (κ2) is 9.33. The summed E-state index contributed by atoms with van der Waals surface area (Å²) in [6, 6.07) is 8.63. The van der Waals surface area contributed by atoms with Gasteiger partial charge in [0.05, 0.1) is 25.3 Å². The first kappa shape index (κ1) is 22.3. The van der Waals surface area contributed by atoms with Gasteiger partial charge < -0.3 is 19.6 Å². The van der Waals surface area contributed by atoms with E-state index in [1.54, 1.807) is 17.0 Å². The van der Waals surface area contributed by atoms with Crippen LogP contribution in [0.2, 0.25) is 0 Å². The molecule has 32 heavy (non-hydrogen) atoms. The molecule has 1 amide bonds. The van der Waals surface area contributed by atoms with Gasteiger partial charge in [0, 0.05) is 24.1 Å². The lowest BCUT2D eigenvalue weighted by Crippen LogP contribution is -2.35. The van der Waals surface area contributed by atoms with Crippen molar-refractivity contribution in [3.05, 3.63) is 66.1 Å². The zero-order valence-corrected chi connectivity index (χ0v) is 18.7. The smallest absolute Gasteiger partial charge is 0.281 e. The molecule has 170 valence electrons. The Kier molecular flexibility index (Phi) is 6.52. The van der Waals surface area contributed by atoms with Crippen LogP contribution in [0.15, 0.2) is 48.9 Å². The van der Waals surface area contributed by atoms with Crippen molar-refractivity contribution in [2.75, 3.05) is 47.9 Å². The van der Waals surface area contributed by atoms with Gasteiger partial charge in [-0.1, -0.05) is 28.1 Å². The Hall–Kier alpha value is -2.85. The fourth-order valence-electron chi connectivity index (χ4n) is 3.76. The number of ether oxygens (including phenoxy) is 1. The largest absolute Gasteiger partial charge is 0.507 e. The van der Waals surface area contributed by atoms with Gasteiger partial charge >= 0.3 is 0 Å². The number of anilines is 2. The first-order chi connectivity index (χ1) is 15.4. The van der Waals surface area contributed by atoms with Crippen LogP contribution < -0.4 is 9.80 Å². The van der Waals surface area contributed by atoms with E-state index in [1.807, 2.05) is 0 Å². The van der Waals surface area contributed by atoms with E-state index >= 15 is 8.78 Å². The summed E-state index contributed by atoms with van der Waals surface area (Å²) in [5.41, 5.74) is 0.231. The molecule has 0 radical (unpaired) electrons. The second-order valence-electron chi connectivity index (χ2n) is 7.40. The lowest BCUT2D eigenvalue weighted by Gasteiger charge is -2.25. The van der Waals surface area contributed by atoms with E-state index in [4.69, 9.17) is 9.57 Å². The second-order valence-corrected chi connectivity index (χ2v) is 8.05. The van der Waals surface area contributed by atoms with Gasteiger partial charge in [-0.2, -0.15) is 0 Å². The maximum absolute atomic E-state index is 15.0. The van der Waals surface area contributed by atoms with E-state index in [0.717, 1.165) is 5.06 Å². The molecule has 2 saturated heterocycles. The van der Waals surface area contributed by atoms with Gasteiger partial charge in [0.25, 0.3) is 5.91 Å². The number of aromatic hydroxyl groups is 1. The van der Waals surface area contributed by atoms with Gasteiger partial charge in [-0.3, -0.25) is 9.63 Å². The number of hydroxylamine groups is 2. The summed E-state index contributed by atoms with van der Waals surface area (Å²) in [5, 5.41) is 11.6. The maximum atomic E-state index is 15.0. The molecule has 0 saturated carbocycles. The van der Waals surface area contributed by atoms with Crippen LogP contribution in [0.3, 0.4) is 0 Å². The first-order valence-corrected chi connectivity index (χ1v) is 11.2. The van der Waals surface area contributed by atoms with E-state index in [0.29, 0.717) is 23.4 Å². The lowest BCUT2D eigenvalue weighted by atomic mass is 10.2. The van der Waals surface area contributed by atoms with Crippen LogP contribution >= 0.6 is 15.9 Å². The van der Waals surface area contributed by atoms with Crippen LogP contribution in [0.4, 0.5) is 20.2 Å². The van der Waals surface area contributed by atoms with Crippen molar-refractivity contribution in [1.82, 2.24) is 5.06 Å². The van der Waals surface area contributed by atoms with Crippen molar-refractivity contribution in [1.29, 1.82) is 0 Å². The van der Waals surface area contributed by atoms with Gasteiger partial charge in [0.2, 0.25) is 0 Å². The van der Waals surface area contributed by atoms with Crippen molar-refractivity contribution in [2.45, 2.75) is 6.10 Å². The summed E-state index contributed by atoms with van der Waals surface area (Å²) < 4.78 is 35.6. The predicted octanol–water partition coefficient (Wildman–Crippen LogP) is 3.64. The van der Waals surface area contributed by atoms with Crippen LogP contribution in [0.1, 0.15) is 10.4 Å². The normalized spacial score (nSPS) is 19.2. The number of hydrogen-bond acceptors (Lipinski definition) is 6. The molecule has 2 aliphatic rings. The van der Waals surface area contributed by atoms with E-state index in [9.17, 15) is 9.90 Å². The molecular formula is C22H22BrF2N3O4. The van der Waals surface area contributed by atoms with E-state index in [2.05, 4.69) is 22.5 Å². The molecule has 2 aliphatic heterocycles. The Morgan fingerprint density at radius 1 is 1.19 bits per heavy atom. The average Bonchev–Trinajstić information content (AvgIpc) is 2.99. The molecule has 1 N–H and O–H groups in total. The number of para-hydroxylation sites is 1. The molecule has 0 aliphatic carbocycles. The number of benzene rings is 2. The zero-order chi connectivity index (χ0) is 22.8. The number of amides is 1. The standard InChI is InChI=1S/C22H22BrF2N3O4/c1-14-27(13-16(12-23)32-14)15-10-18(24)21(19(25)11-15)26-6-7-28(31-9-8-26)22(30)17-4-2-3-5-20(17)29/h2-5,10-11,16,29H,1,6-9,12-13H2/t16-/m0/s1. The van der Waals surface area contributed by atoms with E-state index in [-0.39, 0.29) is 49.3 Å². The van der Waals surface area contributed by atoms with Gasteiger partial charge in [-0.25, -0.2) is 13.8 Å². The molecule has 1 atom stereocenters. The number of rotatable bonds is 4. The Balaban J connectivity index is 1.50. The Bertz CT molecular complexity index is 1010. The molecule has 7 nitrogen and oxygen atoms in total. The van der Waals surface area contributed by atoms with Crippen molar-refractivity contribution >= 4 is 33.2 Å². The van der Waals surface area contributed by atoms with Crippen LogP contribution in [0.25, 0.3) is 0 Å². The molecule has 0 bridgehead atoms. The van der Waals surface area contributed by atoms with Gasteiger partial charge in [-0.15, -0.1) is 0 Å². The quantitative estimate of drug-likeness (QED) is 0.634. The summed E-state index contributed by atoms with van der Waals surface area (Å²) in [6.45, 7) is 4.69. The van der Waals surface area contributed by atoms with E-state index < -0.39 is 17.5 Å². The minimum atomic E-state index is -0.726. The number of hydrogen-bond donors (Lipinski definition) is 1. The number of nitrogens with zero attached hydrogens (tertiary/aromatic N) is 3. The van der Waals surface area contributed by atoms with Crippen LogP contribution in [0, 0.1) is 11.6 Å². The van der Waals surface area contributed by atoms with Crippen molar-refractivity contribution in [3.8, 4) is 5.75 Å². The lowest BCUT2D eigenvalue weighted by molar-refractivity contribution is -0.111. The van der Waals surface area contributed by atoms with Crippen LogP contribution in [-0.4, -0.2) is 60.3 Å². The monoisotopic (exact) mass is 509 g/mol. The summed E-state index contributed by atoms with van der Waals surface area (Å²) in [7, 11) is 0. The molecule has 2 fully saturated rings. The highest BCUT2D eigenvalue weighted by Gasteiger charge is 2.30. The SMILES string of the molecule is C=C1O[C@@H](CBr)CN1c1cc(F)c(N2CCON(C(=O)c3ccccc3O)CC2)c(F)c1. The molecule has 0 unspecified atom stereocenters. The number of phenolic OH excluding ortho intramolecular Hbond substituents is 1. The molecule has 10 heteroatoms. The minimum absolute atomic E-state index is 0.0453. The number of halogens is 3. The predicted molar refractivity (Wildman–Crippen MR) is 119 cm³/mol. The van der Waals surface area contributed by atoms with Crippen LogP contribution in [0.5, 0.6) is 5.75 Å². The van der Waals surface area contributed by atoms with E-state index in [1.165, 1.54) is 29.2 Å². The number of alkyl halides is 1. The van der Waals surface area contributed by atoms with Gasteiger partial charge in [-0.05, 0) is 30.8 Å². The molecule has 4 rings (SSSR count). The fourth-order valence-corrected chi connectivity index (χ4v) is 4.10. The third-order valence-electron chi connectivity index (χ3n) is 5.33. The molecular weight excluding hydrogens is 488 g/mol. The Morgan fingerprint density at radius 3 is 2.56 bits per heavy atom. The first-order valence-electron chi connectivity index (χ1n) is 10.0. The van der Waals surface area contributed by atoms with Gasteiger partial charge in [0.15, 0.2) is 17.5 Å². The summed E-state index contributed by atoms with van der Waals surface area (Å²) in [6.07, 6.45) is -0.149. The zero-order valence-electron chi connectivity index (χ0n) is 17.1. The highest BCUT2D eigenvalue weighted by atomic mass is 79.9. The molecule has 0 spiro atoms. The van der Waals surface area contributed by atoms with Crippen LogP contribution in [-0.2, 0) is 9.57 Å². The Morgan fingerprint density at radius 2 is 1.91 bits per heavy atom. The molecule has 2 aromatic carbocycles. The van der Waals surface area contributed by atoms with Gasteiger partial charge in [0.1, 0.15) is 17.5 Å². The highest BCUT2D eigenvalue weighted by molar-refractivity contribution is 9.09. The number of phenols is 1.